The summed E-state index contributed by atoms with van der Waals surface area (Å²) >= 11 is 6.26. The number of anilines is 2. The molecule has 67 heavy (non-hydrogen) atoms. The Hall–Kier alpha value is -6.25. The molecule has 10 rings (SSSR count). The van der Waals surface area contributed by atoms with Crippen LogP contribution in [0.4, 0.5) is 17.1 Å². The van der Waals surface area contributed by atoms with Gasteiger partial charge in [0.2, 0.25) is 0 Å². The first-order chi connectivity index (χ1) is 32.1. The number of amides is 1. The molecule has 3 aromatic carbocycles. The number of carbonyl (C=O) groups is 1. The number of pyridine rings is 1. The molecule has 2 fully saturated rings. The first-order valence-electron chi connectivity index (χ1n) is 22.3. The number of nitro groups is 1. The van der Waals surface area contributed by atoms with E-state index < -0.39 is 49.1 Å². The highest BCUT2D eigenvalue weighted by atomic mass is 35.5. The number of allylic oxidation sites excluding steroid dienone is 1. The van der Waals surface area contributed by atoms with Gasteiger partial charge >= 0.3 is 0 Å². The van der Waals surface area contributed by atoms with E-state index in [1.54, 1.807) is 36.1 Å². The zero-order chi connectivity index (χ0) is 46.8. The maximum atomic E-state index is 14.4. The molecule has 20 heteroatoms. The number of fused-ring (bicyclic) bond motifs is 3. The highest BCUT2D eigenvalue weighted by Crippen LogP contribution is 2.44. The molecule has 2 saturated heterocycles. The Balaban J connectivity index is 0.956. The summed E-state index contributed by atoms with van der Waals surface area (Å²) in [7, 11) is -3.20. The Labute approximate surface area is 390 Å². The van der Waals surface area contributed by atoms with Gasteiger partial charge in [0.1, 0.15) is 18.4 Å². The molecule has 3 N–H and O–H groups in total. The molecule has 350 valence electrons. The average molecular weight is 952 g/mol. The lowest BCUT2D eigenvalue weighted by atomic mass is 9.72. The molecule has 0 saturated carbocycles. The Kier molecular flexibility index (Phi) is 11.6. The highest BCUT2D eigenvalue weighted by molar-refractivity contribution is 7.90. The van der Waals surface area contributed by atoms with Gasteiger partial charge in [0, 0.05) is 74.2 Å². The highest BCUT2D eigenvalue weighted by Gasteiger charge is 2.36. The van der Waals surface area contributed by atoms with E-state index in [1.807, 2.05) is 18.2 Å². The number of H-pyrrole nitrogens is 1. The number of aromatic nitrogens is 4. The SMILES string of the molecule is Cn1c(=O)c2nc3[nH]ccc3cc2n1-c1cc(N2CCN(CC3=C(c4ccc(Cl)cc4)CC(C)(C)CC3)CC2)ccc1C(=O)NS(=O)(=O)c1cc2c(c([N+](=O)[O-])c1)N[C@@H]([C@H]1COCCO1)CO2. The van der Waals surface area contributed by atoms with Crippen molar-refractivity contribution in [2.75, 3.05) is 69.4 Å². The fourth-order valence-electron chi connectivity index (χ4n) is 9.68. The van der Waals surface area contributed by atoms with Crippen molar-refractivity contribution < 1.29 is 32.3 Å². The normalized spacial score (nSPS) is 20.1. The van der Waals surface area contributed by atoms with Crippen molar-refractivity contribution in [3.63, 3.8) is 0 Å². The molecule has 0 unspecified atom stereocenters. The lowest BCUT2D eigenvalue weighted by Crippen LogP contribution is -2.47. The predicted octanol–water partition coefficient (Wildman–Crippen LogP) is 6.26. The van der Waals surface area contributed by atoms with Crippen molar-refractivity contribution in [1.82, 2.24) is 29.0 Å². The molecule has 6 aromatic rings. The van der Waals surface area contributed by atoms with Crippen LogP contribution in [0.3, 0.4) is 0 Å². The molecule has 1 aliphatic carbocycles. The van der Waals surface area contributed by atoms with E-state index in [-0.39, 0.29) is 46.8 Å². The van der Waals surface area contributed by atoms with Crippen LogP contribution >= 0.6 is 11.6 Å². The first kappa shape index (κ1) is 44.6. The second kappa shape index (κ2) is 17.4. The van der Waals surface area contributed by atoms with Crippen LogP contribution in [0.5, 0.6) is 5.75 Å². The standard InChI is InChI=1S/C47H50ClN9O9S/c1-47(2)12-10-30(35(24-47)28-4-6-31(48)7-5-28)25-54-14-16-55(17-15-54)32-8-9-34(37(21-32)56-38-20-29-11-13-49-44(29)51-43(38)46(59)53(56)3)45(58)52-67(62,63)33-22-39(57(60)61)42-40(23-33)66-26-36(50-42)41-27-64-18-19-65-41/h4-9,11,13,20-23,36,41,50H,10,12,14-19,24-27H2,1-3H3,(H,49,51)(H,52,58)/t36-,41-/m1/s1. The third-order valence-corrected chi connectivity index (χ3v) is 14.9. The van der Waals surface area contributed by atoms with Crippen molar-refractivity contribution in [3.05, 3.63) is 115 Å². The Morgan fingerprint density at radius 3 is 2.57 bits per heavy atom. The van der Waals surface area contributed by atoms with Gasteiger partial charge in [-0.1, -0.05) is 43.2 Å². The van der Waals surface area contributed by atoms with Gasteiger partial charge in [-0.15, -0.1) is 0 Å². The molecule has 0 radical (unpaired) electrons. The van der Waals surface area contributed by atoms with Crippen LogP contribution in [0.1, 0.15) is 49.0 Å². The van der Waals surface area contributed by atoms with Crippen molar-refractivity contribution in [3.8, 4) is 11.4 Å². The molecular weight excluding hydrogens is 902 g/mol. The molecule has 3 aromatic heterocycles. The van der Waals surface area contributed by atoms with E-state index in [9.17, 15) is 28.1 Å². The minimum atomic E-state index is -4.75. The second-order valence-electron chi connectivity index (χ2n) is 18.4. The number of nitrogens with zero attached hydrogens (tertiary/aromatic N) is 6. The molecular formula is C47H50ClN9O9S. The minimum Gasteiger partial charge on any atom is -0.489 e. The zero-order valence-electron chi connectivity index (χ0n) is 37.2. The van der Waals surface area contributed by atoms with Gasteiger partial charge < -0.3 is 29.4 Å². The van der Waals surface area contributed by atoms with Crippen molar-refractivity contribution in [2.24, 2.45) is 12.5 Å². The van der Waals surface area contributed by atoms with Crippen LogP contribution in [-0.2, 0) is 26.5 Å². The number of carbonyl (C=O) groups excluding carboxylic acids is 1. The lowest BCUT2D eigenvalue weighted by molar-refractivity contribution is -0.384. The number of ether oxygens (including phenoxy) is 3. The Morgan fingerprint density at radius 1 is 1.03 bits per heavy atom. The summed E-state index contributed by atoms with van der Waals surface area (Å²) in [4.78, 5) is 51.7. The third-order valence-electron chi connectivity index (χ3n) is 13.4. The van der Waals surface area contributed by atoms with Gasteiger partial charge in [-0.3, -0.25) is 24.6 Å². The van der Waals surface area contributed by atoms with Crippen LogP contribution < -0.4 is 25.2 Å². The molecule has 0 spiro atoms. The van der Waals surface area contributed by atoms with E-state index in [2.05, 4.69) is 55.8 Å². The topological polar surface area (TPSA) is 208 Å². The fraction of sp³-hybridized carbons (Fsp3) is 0.383. The number of hydrogen-bond donors (Lipinski definition) is 3. The van der Waals surface area contributed by atoms with E-state index in [0.29, 0.717) is 42.5 Å². The maximum absolute atomic E-state index is 14.4. The molecule has 6 heterocycles. The lowest BCUT2D eigenvalue weighted by Gasteiger charge is -2.39. The second-order valence-corrected chi connectivity index (χ2v) is 20.5. The van der Waals surface area contributed by atoms with Gasteiger partial charge in [-0.2, -0.15) is 0 Å². The quantitative estimate of drug-likeness (QED) is 0.103. The first-order valence-corrected chi connectivity index (χ1v) is 24.1. The number of sulfonamides is 1. The number of hydrogen-bond acceptors (Lipinski definition) is 13. The van der Waals surface area contributed by atoms with Gasteiger partial charge in [-0.25, -0.2) is 27.5 Å². The summed E-state index contributed by atoms with van der Waals surface area (Å²) in [5.41, 5.74) is 5.21. The maximum Gasteiger partial charge on any atom is 0.297 e. The predicted molar refractivity (Wildman–Crippen MR) is 254 cm³/mol. The van der Waals surface area contributed by atoms with Crippen molar-refractivity contribution in [2.45, 2.75) is 50.2 Å². The van der Waals surface area contributed by atoms with Crippen molar-refractivity contribution in [1.29, 1.82) is 0 Å². The van der Waals surface area contributed by atoms with Crippen molar-refractivity contribution >= 4 is 72.2 Å². The average Bonchev–Trinajstić information content (AvgIpc) is 3.88. The summed E-state index contributed by atoms with van der Waals surface area (Å²) in [5.74, 6) is -1.09. The molecule has 4 aliphatic rings. The summed E-state index contributed by atoms with van der Waals surface area (Å²) in [6.07, 6.45) is 4.38. The molecule has 3 aliphatic heterocycles. The molecule has 1 amide bonds. The summed E-state index contributed by atoms with van der Waals surface area (Å²) in [6, 6.07) is 18.3. The van der Waals surface area contributed by atoms with E-state index >= 15 is 0 Å². The molecule has 18 nitrogen and oxygen atoms in total. The molecule has 0 bridgehead atoms. The van der Waals surface area contributed by atoms with Crippen LogP contribution in [-0.4, -0.2) is 115 Å². The smallest absolute Gasteiger partial charge is 0.297 e. The number of nitro benzene ring substituents is 1. The van der Waals surface area contributed by atoms with Crippen LogP contribution in [0, 0.1) is 15.5 Å². The van der Waals surface area contributed by atoms with Gasteiger partial charge in [0.05, 0.1) is 52.4 Å². The number of rotatable bonds is 10. The van der Waals surface area contributed by atoms with E-state index in [1.165, 1.54) is 27.5 Å². The van der Waals surface area contributed by atoms with E-state index in [4.69, 9.17) is 25.8 Å². The van der Waals surface area contributed by atoms with Gasteiger partial charge in [0.25, 0.3) is 27.2 Å². The number of aromatic amines is 1. The Morgan fingerprint density at radius 2 is 1.82 bits per heavy atom. The number of nitrogens with one attached hydrogen (secondary N) is 3. The zero-order valence-corrected chi connectivity index (χ0v) is 38.8. The summed E-state index contributed by atoms with van der Waals surface area (Å²) in [6.45, 7) is 9.43. The summed E-state index contributed by atoms with van der Waals surface area (Å²) in [5, 5.41) is 16.9. The van der Waals surface area contributed by atoms with Gasteiger partial charge in [-0.05, 0) is 78.3 Å². The largest absolute Gasteiger partial charge is 0.489 e. The van der Waals surface area contributed by atoms with Crippen LogP contribution in [0.2, 0.25) is 5.02 Å². The Bertz CT molecular complexity index is 3150. The monoisotopic (exact) mass is 951 g/mol. The third kappa shape index (κ3) is 8.65. The number of halogens is 1. The van der Waals surface area contributed by atoms with Crippen LogP contribution in [0.15, 0.2) is 88.2 Å². The van der Waals surface area contributed by atoms with Gasteiger partial charge in [0.15, 0.2) is 17.0 Å². The minimum absolute atomic E-state index is 0.0113. The van der Waals surface area contributed by atoms with Crippen LogP contribution in [0.25, 0.3) is 33.3 Å². The summed E-state index contributed by atoms with van der Waals surface area (Å²) < 4.78 is 50.4. The molecule has 2 atom stereocenters. The number of benzene rings is 3. The fourth-order valence-corrected chi connectivity index (χ4v) is 10.8. The van der Waals surface area contributed by atoms with E-state index in [0.717, 1.165) is 62.1 Å². The number of piperazine rings is 1.